The number of benzene rings is 3. The fourth-order valence-corrected chi connectivity index (χ4v) is 8.89. The lowest BCUT2D eigenvalue weighted by Gasteiger charge is -2.09. The van der Waals surface area contributed by atoms with Crippen molar-refractivity contribution in [2.75, 3.05) is 7.05 Å². The van der Waals surface area contributed by atoms with Crippen LogP contribution in [0, 0.1) is 0 Å². The molecule has 0 spiro atoms. The Kier molecular flexibility index (Phi) is 4.20. The van der Waals surface area contributed by atoms with E-state index in [2.05, 4.69) is 17.5 Å². The highest BCUT2D eigenvalue weighted by Gasteiger charge is 2.34. The molecule has 9 nitrogen and oxygen atoms in total. The van der Waals surface area contributed by atoms with E-state index in [1.54, 1.807) is 24.3 Å². The summed E-state index contributed by atoms with van der Waals surface area (Å²) in [6.07, 6.45) is 0. The Balaban J connectivity index is 1.28. The summed E-state index contributed by atoms with van der Waals surface area (Å²) in [6.45, 7) is 0. The summed E-state index contributed by atoms with van der Waals surface area (Å²) in [5, 5.41) is 2.67. The van der Waals surface area contributed by atoms with Crippen LogP contribution in [0.25, 0.3) is 62.9 Å². The molecule has 5 heterocycles. The molecule has 3 aromatic heterocycles. The number of aromatic nitrogens is 2. The zero-order valence-corrected chi connectivity index (χ0v) is 23.2. The van der Waals surface area contributed by atoms with Crippen molar-refractivity contribution in [2.45, 2.75) is 0 Å². The van der Waals surface area contributed by atoms with Crippen LogP contribution in [0.4, 0.5) is 11.4 Å². The predicted molar refractivity (Wildman–Crippen MR) is 159 cm³/mol. The smallest absolute Gasteiger partial charge is 0.261 e. The van der Waals surface area contributed by atoms with E-state index in [9.17, 15) is 19.2 Å². The van der Waals surface area contributed by atoms with E-state index in [4.69, 9.17) is 0 Å². The van der Waals surface area contributed by atoms with Gasteiger partial charge < -0.3 is 0 Å². The molecular weight excluding hydrogens is 587 g/mol. The van der Waals surface area contributed by atoms with Gasteiger partial charge in [0.05, 0.1) is 34.2 Å². The predicted octanol–water partition coefficient (Wildman–Crippen LogP) is 6.16. The molecule has 0 fully saturated rings. The molecule has 0 radical (unpaired) electrons. The lowest BCUT2D eigenvalue weighted by Crippen LogP contribution is -2.30. The van der Waals surface area contributed by atoms with E-state index in [0.29, 0.717) is 44.3 Å². The van der Waals surface area contributed by atoms with Crippen molar-refractivity contribution in [3.8, 4) is 20.9 Å². The molecule has 2 amide bonds. The molecule has 7 aromatic rings. The standard InChI is InChI=1S/C27H9N5O4S4/c1-32-26(35)12-3-9-5-17(38-15(9)7-13(12)27(32)36)19-22-20(28-39-30-22)18(21-23(19)31-40-29-21)16-4-8-2-10-11(6-14(8)37-16)25(34)24(10)33/h2-7H,1H3. The second-order valence-electron chi connectivity index (χ2n) is 9.59. The second kappa shape index (κ2) is 7.46. The van der Waals surface area contributed by atoms with Gasteiger partial charge in [0.15, 0.2) is 0 Å². The number of imide groups is 1. The summed E-state index contributed by atoms with van der Waals surface area (Å²) in [5.74, 6) is -0.604. The molecule has 0 saturated carbocycles. The van der Waals surface area contributed by atoms with Crippen LogP contribution < -0.4 is 10.9 Å². The summed E-state index contributed by atoms with van der Waals surface area (Å²) >= 11 is 5.22. The van der Waals surface area contributed by atoms with Crippen LogP contribution in [0.3, 0.4) is 0 Å². The van der Waals surface area contributed by atoms with E-state index in [0.717, 1.165) is 69.0 Å². The van der Waals surface area contributed by atoms with Crippen molar-refractivity contribution in [1.82, 2.24) is 13.6 Å². The zero-order valence-electron chi connectivity index (χ0n) is 20.0. The van der Waals surface area contributed by atoms with E-state index in [1.807, 2.05) is 12.1 Å². The Labute approximate surface area is 237 Å². The summed E-state index contributed by atoms with van der Waals surface area (Å²) in [7, 11) is 1.49. The van der Waals surface area contributed by atoms with Crippen LogP contribution >= 0.6 is 34.4 Å². The molecule has 0 saturated heterocycles. The van der Waals surface area contributed by atoms with Crippen molar-refractivity contribution in [2.24, 2.45) is 8.73 Å². The molecule has 0 bridgehead atoms. The maximum atomic E-state index is 12.6. The third-order valence-corrected chi connectivity index (χ3v) is 10.8. The van der Waals surface area contributed by atoms with Gasteiger partial charge in [0.1, 0.15) is 22.4 Å². The highest BCUT2D eigenvalue weighted by Crippen LogP contribution is 2.55. The molecule has 13 heteroatoms. The number of carbonyl (C=O) groups is 2. The van der Waals surface area contributed by atoms with Crippen molar-refractivity contribution < 1.29 is 9.59 Å². The molecule has 9 rings (SSSR count). The molecule has 40 heavy (non-hydrogen) atoms. The van der Waals surface area contributed by atoms with Crippen molar-refractivity contribution >= 4 is 111 Å². The first kappa shape index (κ1) is 22.5. The summed E-state index contributed by atoms with van der Waals surface area (Å²) < 4.78 is 20.4. The Morgan fingerprint density at radius 2 is 1.18 bits per heavy atom. The molecule has 0 unspecified atom stereocenters. The Bertz CT molecular complexity index is 2430. The van der Waals surface area contributed by atoms with Crippen LogP contribution in [-0.4, -0.2) is 32.5 Å². The first-order valence-electron chi connectivity index (χ1n) is 11.9. The minimum atomic E-state index is -0.444. The maximum Gasteiger partial charge on any atom is 0.261 e. The third-order valence-electron chi connectivity index (χ3n) is 7.50. The second-order valence-corrected chi connectivity index (χ2v) is 12.8. The van der Waals surface area contributed by atoms with Gasteiger partial charge in [-0.1, -0.05) is 0 Å². The van der Waals surface area contributed by atoms with Crippen LogP contribution in [0.2, 0.25) is 0 Å². The molecule has 0 atom stereocenters. The highest BCUT2D eigenvalue weighted by molar-refractivity contribution is 7.58. The largest absolute Gasteiger partial charge is 0.285 e. The van der Waals surface area contributed by atoms with Gasteiger partial charge in [-0.15, -0.1) is 22.7 Å². The average Bonchev–Trinajstić information content (AvgIpc) is 3.79. The first-order valence-corrected chi connectivity index (χ1v) is 15.0. The third kappa shape index (κ3) is 2.69. The highest BCUT2D eigenvalue weighted by atomic mass is 32.1. The number of thiophene rings is 2. The molecule has 0 N–H and O–H groups in total. The number of carbonyl (C=O) groups excluding carboxylic acids is 2. The summed E-state index contributed by atoms with van der Waals surface area (Å²) in [4.78, 5) is 52.0. The number of amides is 2. The number of rotatable bonds is 2. The van der Waals surface area contributed by atoms with E-state index >= 15 is 0 Å². The number of fused-ring (bicyclic) bond motifs is 6. The fourth-order valence-electron chi connectivity index (χ4n) is 5.51. The lowest BCUT2D eigenvalue weighted by atomic mass is 9.99. The Morgan fingerprint density at radius 1 is 0.650 bits per heavy atom. The average molecular weight is 596 g/mol. The van der Waals surface area contributed by atoms with Gasteiger partial charge in [-0.3, -0.25) is 24.1 Å². The minimum Gasteiger partial charge on any atom is -0.285 e. The van der Waals surface area contributed by atoms with Crippen molar-refractivity contribution in [3.05, 3.63) is 68.0 Å². The lowest BCUT2D eigenvalue weighted by molar-refractivity contribution is 0.0693. The van der Waals surface area contributed by atoms with Gasteiger partial charge >= 0.3 is 0 Å². The quantitative estimate of drug-likeness (QED) is 0.174. The molecule has 2 aliphatic rings. The van der Waals surface area contributed by atoms with Crippen LogP contribution in [0.15, 0.2) is 54.7 Å². The van der Waals surface area contributed by atoms with Crippen molar-refractivity contribution in [1.29, 1.82) is 0 Å². The topological polar surface area (TPSA) is 122 Å². The molecule has 0 aliphatic carbocycles. The van der Waals surface area contributed by atoms with E-state index < -0.39 is 10.9 Å². The SMILES string of the molecule is CN1C(=O)c2cc3cc(-c4c5c(c(-c6cc7cc8c(=O)c(=O)c8cc7s6)c6nsnc46)N=S=N5)sc3cc2C1=O. The van der Waals surface area contributed by atoms with Crippen LogP contribution in [0.1, 0.15) is 20.7 Å². The van der Waals surface area contributed by atoms with Crippen LogP contribution in [0.5, 0.6) is 0 Å². The van der Waals surface area contributed by atoms with E-state index in [-0.39, 0.29) is 11.8 Å². The minimum absolute atomic E-state index is 0.301. The van der Waals surface area contributed by atoms with Crippen LogP contribution in [-0.2, 0) is 11.4 Å². The molecule has 190 valence electrons. The normalized spacial score (nSPS) is 14.5. The Morgan fingerprint density at radius 3 is 1.80 bits per heavy atom. The van der Waals surface area contributed by atoms with Crippen molar-refractivity contribution in [3.63, 3.8) is 0 Å². The van der Waals surface area contributed by atoms with Gasteiger partial charge in [0, 0.05) is 48.1 Å². The Hall–Kier alpha value is -4.30. The van der Waals surface area contributed by atoms with Gasteiger partial charge in [0.2, 0.25) is 10.9 Å². The summed E-state index contributed by atoms with van der Waals surface area (Å²) in [6, 6.07) is 11.1. The molecular formula is C27H9N5O4S4. The van der Waals surface area contributed by atoms with Gasteiger partial charge in [-0.2, -0.15) is 17.5 Å². The van der Waals surface area contributed by atoms with Gasteiger partial charge in [0.25, 0.3) is 11.8 Å². The zero-order chi connectivity index (χ0) is 27.0. The molecule has 4 aromatic carbocycles. The number of hydrogen-bond acceptors (Lipinski definition) is 11. The fraction of sp³-hybridized carbons (Fsp3) is 0.0370. The van der Waals surface area contributed by atoms with Gasteiger partial charge in [-0.25, -0.2) is 0 Å². The first-order chi connectivity index (χ1) is 19.4. The monoisotopic (exact) mass is 595 g/mol. The van der Waals surface area contributed by atoms with E-state index in [1.165, 1.54) is 29.7 Å². The summed E-state index contributed by atoms with van der Waals surface area (Å²) in [5.41, 5.74) is 4.34. The number of nitrogens with zero attached hydrogens (tertiary/aromatic N) is 5. The molecule has 2 aliphatic heterocycles. The maximum absolute atomic E-state index is 12.6. The van der Waals surface area contributed by atoms with Gasteiger partial charge in [-0.05, 0) is 47.2 Å². The number of hydrogen-bond donors (Lipinski definition) is 0.